The Morgan fingerprint density at radius 3 is 2.50 bits per heavy atom. The van der Waals surface area contributed by atoms with Crippen molar-refractivity contribution < 1.29 is 0 Å². The predicted molar refractivity (Wildman–Crippen MR) is 84.4 cm³/mol. The first kappa shape index (κ1) is 15.1. The first-order valence-electron chi connectivity index (χ1n) is 6.86. The minimum Gasteiger partial charge on any atom is -0.313 e. The highest BCUT2D eigenvalue weighted by molar-refractivity contribution is 6.31. The topological polar surface area (TPSA) is 29.9 Å². The Kier molecular flexibility index (Phi) is 4.51. The molecule has 0 aliphatic carbocycles. The van der Waals surface area contributed by atoms with E-state index in [-0.39, 0.29) is 6.04 Å². The standard InChI is InChI=1S/C16H22ClN3/c1-10-6-7-13(8-15(10)17)16(18-4)9-14-11(2)19-20(5)12(14)3/h6-8,16,18H,9H2,1-5H3. The van der Waals surface area contributed by atoms with Gasteiger partial charge in [0.2, 0.25) is 0 Å². The molecule has 1 aromatic heterocycles. The molecule has 0 bridgehead atoms. The molecule has 2 aromatic rings. The summed E-state index contributed by atoms with van der Waals surface area (Å²) in [7, 11) is 3.97. The lowest BCUT2D eigenvalue weighted by Gasteiger charge is -2.18. The van der Waals surface area contributed by atoms with Crippen LogP contribution in [0.3, 0.4) is 0 Å². The van der Waals surface area contributed by atoms with E-state index in [1.54, 1.807) is 0 Å². The van der Waals surface area contributed by atoms with Crippen LogP contribution >= 0.6 is 11.6 Å². The van der Waals surface area contributed by atoms with E-state index in [0.717, 1.165) is 22.7 Å². The number of hydrogen-bond acceptors (Lipinski definition) is 2. The van der Waals surface area contributed by atoms with Crippen molar-refractivity contribution in [1.82, 2.24) is 15.1 Å². The lowest BCUT2D eigenvalue weighted by molar-refractivity contribution is 0.588. The number of hydrogen-bond donors (Lipinski definition) is 1. The highest BCUT2D eigenvalue weighted by Crippen LogP contribution is 2.25. The number of likely N-dealkylation sites (N-methyl/N-ethyl adjacent to an activating group) is 1. The fraction of sp³-hybridized carbons (Fsp3) is 0.438. The van der Waals surface area contributed by atoms with Gasteiger partial charge in [0.05, 0.1) is 5.69 Å². The summed E-state index contributed by atoms with van der Waals surface area (Å²) in [5.74, 6) is 0. The van der Waals surface area contributed by atoms with Crippen LogP contribution in [0.25, 0.3) is 0 Å². The third-order valence-electron chi connectivity index (χ3n) is 4.01. The van der Waals surface area contributed by atoms with Gasteiger partial charge in [-0.15, -0.1) is 0 Å². The Morgan fingerprint density at radius 2 is 2.00 bits per heavy atom. The number of aryl methyl sites for hydroxylation is 3. The molecule has 0 aliphatic heterocycles. The number of benzene rings is 1. The average molecular weight is 292 g/mol. The van der Waals surface area contributed by atoms with E-state index in [1.807, 2.05) is 25.7 Å². The van der Waals surface area contributed by atoms with Crippen LogP contribution in [0.2, 0.25) is 5.02 Å². The molecule has 1 aromatic carbocycles. The lowest BCUT2D eigenvalue weighted by Crippen LogP contribution is -2.19. The molecule has 0 aliphatic rings. The van der Waals surface area contributed by atoms with E-state index in [4.69, 9.17) is 11.6 Å². The molecule has 0 fully saturated rings. The molecule has 0 amide bonds. The maximum atomic E-state index is 6.24. The van der Waals surface area contributed by atoms with Crippen molar-refractivity contribution in [3.05, 3.63) is 51.3 Å². The second-order valence-electron chi connectivity index (χ2n) is 5.33. The first-order valence-corrected chi connectivity index (χ1v) is 7.24. The molecule has 1 N–H and O–H groups in total. The van der Waals surface area contributed by atoms with Crippen LogP contribution in [-0.2, 0) is 13.5 Å². The minimum absolute atomic E-state index is 0.245. The van der Waals surface area contributed by atoms with Crippen molar-refractivity contribution in [3.8, 4) is 0 Å². The number of aromatic nitrogens is 2. The summed E-state index contributed by atoms with van der Waals surface area (Å²) in [5.41, 5.74) is 5.96. The molecule has 20 heavy (non-hydrogen) atoms. The summed E-state index contributed by atoms with van der Waals surface area (Å²) in [6.45, 7) is 6.21. The molecule has 0 saturated carbocycles. The summed E-state index contributed by atoms with van der Waals surface area (Å²) in [4.78, 5) is 0. The van der Waals surface area contributed by atoms with Gasteiger partial charge in [-0.25, -0.2) is 0 Å². The van der Waals surface area contributed by atoms with Crippen molar-refractivity contribution in [1.29, 1.82) is 0 Å². The molecule has 0 radical (unpaired) electrons. The monoisotopic (exact) mass is 291 g/mol. The summed E-state index contributed by atoms with van der Waals surface area (Å²) in [6, 6.07) is 6.52. The van der Waals surface area contributed by atoms with E-state index < -0.39 is 0 Å². The smallest absolute Gasteiger partial charge is 0.0629 e. The van der Waals surface area contributed by atoms with Crippen molar-refractivity contribution >= 4 is 11.6 Å². The van der Waals surface area contributed by atoms with E-state index in [0.29, 0.717) is 0 Å². The number of nitrogens with zero attached hydrogens (tertiary/aromatic N) is 2. The van der Waals surface area contributed by atoms with Crippen LogP contribution in [0.4, 0.5) is 0 Å². The zero-order valence-electron chi connectivity index (χ0n) is 12.8. The molecule has 1 heterocycles. The van der Waals surface area contributed by atoms with E-state index in [1.165, 1.54) is 16.8 Å². The lowest BCUT2D eigenvalue weighted by atomic mass is 9.97. The normalized spacial score (nSPS) is 12.7. The third kappa shape index (κ3) is 2.89. The fourth-order valence-corrected chi connectivity index (χ4v) is 2.72. The van der Waals surface area contributed by atoms with Crippen LogP contribution in [0, 0.1) is 20.8 Å². The van der Waals surface area contributed by atoms with Gasteiger partial charge in [0, 0.05) is 23.8 Å². The second-order valence-corrected chi connectivity index (χ2v) is 5.73. The highest BCUT2D eigenvalue weighted by Gasteiger charge is 2.16. The molecule has 2 rings (SSSR count). The highest BCUT2D eigenvalue weighted by atomic mass is 35.5. The van der Waals surface area contributed by atoms with E-state index in [2.05, 4.69) is 42.5 Å². The first-order chi connectivity index (χ1) is 9.43. The molecular weight excluding hydrogens is 270 g/mol. The molecular formula is C16H22ClN3. The van der Waals surface area contributed by atoms with E-state index in [9.17, 15) is 0 Å². The Labute approximate surface area is 126 Å². The van der Waals surface area contributed by atoms with Gasteiger partial charge in [-0.05, 0) is 57.0 Å². The molecule has 108 valence electrons. The Balaban J connectivity index is 2.31. The van der Waals surface area contributed by atoms with Crippen molar-refractivity contribution in [2.45, 2.75) is 33.2 Å². The zero-order chi connectivity index (χ0) is 14.9. The van der Waals surface area contributed by atoms with Crippen LogP contribution in [0.15, 0.2) is 18.2 Å². The van der Waals surface area contributed by atoms with Crippen LogP contribution in [0.5, 0.6) is 0 Å². The number of rotatable bonds is 4. The second kappa shape index (κ2) is 5.98. The molecule has 3 nitrogen and oxygen atoms in total. The van der Waals surface area contributed by atoms with Gasteiger partial charge in [0.25, 0.3) is 0 Å². The molecule has 4 heteroatoms. The average Bonchev–Trinajstić information content (AvgIpc) is 2.65. The Bertz CT molecular complexity index is 616. The Hall–Kier alpha value is -1.32. The van der Waals surface area contributed by atoms with Gasteiger partial charge in [0.15, 0.2) is 0 Å². The fourth-order valence-electron chi connectivity index (χ4n) is 2.53. The molecule has 1 atom stereocenters. The number of halogens is 1. The van der Waals surface area contributed by atoms with Gasteiger partial charge >= 0.3 is 0 Å². The molecule has 0 spiro atoms. The van der Waals surface area contributed by atoms with Gasteiger partial charge in [-0.1, -0.05) is 23.7 Å². The predicted octanol–water partition coefficient (Wildman–Crippen LogP) is 3.50. The van der Waals surface area contributed by atoms with E-state index >= 15 is 0 Å². The van der Waals surface area contributed by atoms with Crippen LogP contribution in [-0.4, -0.2) is 16.8 Å². The Morgan fingerprint density at radius 1 is 1.30 bits per heavy atom. The van der Waals surface area contributed by atoms with Gasteiger partial charge in [0.1, 0.15) is 0 Å². The van der Waals surface area contributed by atoms with Crippen molar-refractivity contribution in [2.75, 3.05) is 7.05 Å². The van der Waals surface area contributed by atoms with Crippen LogP contribution < -0.4 is 5.32 Å². The van der Waals surface area contributed by atoms with Gasteiger partial charge in [-0.2, -0.15) is 5.10 Å². The summed E-state index contributed by atoms with van der Waals surface area (Å²) < 4.78 is 1.94. The summed E-state index contributed by atoms with van der Waals surface area (Å²) in [6.07, 6.45) is 0.918. The SMILES string of the molecule is CNC(Cc1c(C)nn(C)c1C)c1ccc(C)c(Cl)c1. The number of nitrogens with one attached hydrogen (secondary N) is 1. The summed E-state index contributed by atoms with van der Waals surface area (Å²) in [5, 5.41) is 8.69. The van der Waals surface area contributed by atoms with Crippen LogP contribution in [0.1, 0.15) is 34.1 Å². The maximum absolute atomic E-state index is 6.24. The minimum atomic E-state index is 0.245. The van der Waals surface area contributed by atoms with Gasteiger partial charge in [-0.3, -0.25) is 4.68 Å². The third-order valence-corrected chi connectivity index (χ3v) is 4.42. The largest absolute Gasteiger partial charge is 0.313 e. The van der Waals surface area contributed by atoms with Crippen molar-refractivity contribution in [3.63, 3.8) is 0 Å². The summed E-state index contributed by atoms with van der Waals surface area (Å²) >= 11 is 6.24. The van der Waals surface area contributed by atoms with Crippen molar-refractivity contribution in [2.24, 2.45) is 7.05 Å². The van der Waals surface area contributed by atoms with Gasteiger partial charge < -0.3 is 5.32 Å². The molecule has 1 unspecified atom stereocenters. The zero-order valence-corrected chi connectivity index (χ0v) is 13.5. The maximum Gasteiger partial charge on any atom is 0.0629 e. The quantitative estimate of drug-likeness (QED) is 0.934. The molecule has 0 saturated heterocycles.